The second kappa shape index (κ2) is 5.36. The summed E-state index contributed by atoms with van der Waals surface area (Å²) in [6.45, 7) is 9.10. The van der Waals surface area contributed by atoms with Crippen molar-refractivity contribution in [2.45, 2.75) is 39.8 Å². The van der Waals surface area contributed by atoms with Gasteiger partial charge >= 0.3 is 0 Å². The fraction of sp³-hybridized carbons (Fsp3) is 0.600. The lowest BCUT2D eigenvalue weighted by molar-refractivity contribution is 1.22. The Morgan fingerprint density at radius 1 is 0.909 bits per heavy atom. The van der Waals surface area contributed by atoms with Crippen molar-refractivity contribution < 1.29 is 0 Å². The molecule has 0 spiro atoms. The molecule has 0 nitrogen and oxygen atoms in total. The molecule has 0 aliphatic carbocycles. The molecule has 0 aromatic carbocycles. The third-order valence-corrected chi connectivity index (χ3v) is 3.76. The van der Waals surface area contributed by atoms with Crippen molar-refractivity contribution in [1.29, 1.82) is 0 Å². The quantitative estimate of drug-likeness (QED) is 0.561. The van der Waals surface area contributed by atoms with Crippen LogP contribution in [0.3, 0.4) is 0 Å². The van der Waals surface area contributed by atoms with Crippen LogP contribution in [-0.2, 0) is 0 Å². The summed E-state index contributed by atoms with van der Waals surface area (Å²) in [5, 5.41) is 0. The summed E-state index contributed by atoms with van der Waals surface area (Å²) in [4.78, 5) is 0. The zero-order valence-corrected chi connectivity index (χ0v) is 9.22. The van der Waals surface area contributed by atoms with E-state index in [0.717, 1.165) is 12.8 Å². The van der Waals surface area contributed by atoms with Crippen molar-refractivity contribution in [2.24, 2.45) is 0 Å². The molecule has 0 aromatic rings. The standard InChI is InChI=1S/C10H20Si/c1-5-7-9-11(3,4)10-8-6-2/h7-10H,5-6H2,1-4H3. The van der Waals surface area contributed by atoms with Crippen LogP contribution in [0.25, 0.3) is 0 Å². The topological polar surface area (TPSA) is 0 Å². The van der Waals surface area contributed by atoms with Gasteiger partial charge in [-0.1, -0.05) is 50.5 Å². The van der Waals surface area contributed by atoms with Crippen LogP contribution in [0, 0.1) is 0 Å². The van der Waals surface area contributed by atoms with Gasteiger partial charge in [0.25, 0.3) is 0 Å². The summed E-state index contributed by atoms with van der Waals surface area (Å²) in [5.74, 6) is 0. The summed E-state index contributed by atoms with van der Waals surface area (Å²) < 4.78 is 0. The highest BCUT2D eigenvalue weighted by atomic mass is 28.3. The Kier molecular flexibility index (Phi) is 5.21. The molecule has 0 saturated heterocycles. The molecule has 0 aliphatic rings. The van der Waals surface area contributed by atoms with Crippen LogP contribution in [-0.4, -0.2) is 8.07 Å². The fourth-order valence-corrected chi connectivity index (χ4v) is 2.70. The third-order valence-electron chi connectivity index (χ3n) is 1.57. The molecule has 0 bridgehead atoms. The molecule has 11 heavy (non-hydrogen) atoms. The van der Waals surface area contributed by atoms with Crippen molar-refractivity contribution in [3.05, 3.63) is 23.6 Å². The highest BCUT2D eigenvalue weighted by molar-refractivity contribution is 6.86. The van der Waals surface area contributed by atoms with Crippen molar-refractivity contribution in [3.63, 3.8) is 0 Å². The van der Waals surface area contributed by atoms with Crippen LogP contribution < -0.4 is 0 Å². The summed E-state index contributed by atoms with van der Waals surface area (Å²) in [6, 6.07) is 0. The molecule has 0 N–H and O–H groups in total. The van der Waals surface area contributed by atoms with Gasteiger partial charge in [-0.3, -0.25) is 0 Å². The number of rotatable bonds is 4. The lowest BCUT2D eigenvalue weighted by Crippen LogP contribution is -2.18. The lowest BCUT2D eigenvalue weighted by atomic mass is 10.5. The first-order valence-electron chi connectivity index (χ1n) is 4.47. The highest BCUT2D eigenvalue weighted by Gasteiger charge is 2.10. The van der Waals surface area contributed by atoms with Crippen LogP contribution in [0.4, 0.5) is 0 Å². The number of hydrogen-bond donors (Lipinski definition) is 0. The maximum Gasteiger partial charge on any atom is 0.0947 e. The number of allylic oxidation sites excluding steroid dienone is 2. The van der Waals surface area contributed by atoms with E-state index in [2.05, 4.69) is 50.5 Å². The van der Waals surface area contributed by atoms with Crippen LogP contribution in [0.15, 0.2) is 23.6 Å². The highest BCUT2D eigenvalue weighted by Crippen LogP contribution is 2.06. The average molecular weight is 168 g/mol. The largest absolute Gasteiger partial charge is 0.0948 e. The predicted molar refractivity (Wildman–Crippen MR) is 56.3 cm³/mol. The van der Waals surface area contributed by atoms with Crippen LogP contribution >= 0.6 is 0 Å². The zero-order chi connectivity index (χ0) is 8.74. The maximum absolute atomic E-state index is 2.40. The van der Waals surface area contributed by atoms with Gasteiger partial charge in [-0.15, -0.1) is 0 Å². The fourth-order valence-electron chi connectivity index (χ4n) is 0.899. The second-order valence-corrected chi connectivity index (χ2v) is 7.75. The van der Waals surface area contributed by atoms with Crippen molar-refractivity contribution in [1.82, 2.24) is 0 Å². The van der Waals surface area contributed by atoms with Gasteiger partial charge in [0.2, 0.25) is 0 Å². The van der Waals surface area contributed by atoms with E-state index in [9.17, 15) is 0 Å². The normalized spacial score (nSPS) is 13.5. The van der Waals surface area contributed by atoms with Crippen molar-refractivity contribution in [2.75, 3.05) is 0 Å². The van der Waals surface area contributed by atoms with E-state index in [1.165, 1.54) is 0 Å². The van der Waals surface area contributed by atoms with Gasteiger partial charge in [-0.05, 0) is 12.8 Å². The summed E-state index contributed by atoms with van der Waals surface area (Å²) >= 11 is 0. The van der Waals surface area contributed by atoms with Crippen LogP contribution in [0.5, 0.6) is 0 Å². The first-order valence-corrected chi connectivity index (χ1v) is 7.63. The van der Waals surface area contributed by atoms with Gasteiger partial charge in [-0.2, -0.15) is 0 Å². The Balaban J connectivity index is 3.99. The molecule has 0 unspecified atom stereocenters. The SMILES string of the molecule is CCC=C[Si](C)(C)C=CCC. The van der Waals surface area contributed by atoms with E-state index in [0.29, 0.717) is 0 Å². The van der Waals surface area contributed by atoms with E-state index in [4.69, 9.17) is 0 Å². The van der Waals surface area contributed by atoms with Gasteiger partial charge in [0.05, 0.1) is 8.07 Å². The molecule has 0 radical (unpaired) electrons. The molecule has 0 rings (SSSR count). The Labute approximate surface area is 72.0 Å². The van der Waals surface area contributed by atoms with Crippen molar-refractivity contribution >= 4 is 8.07 Å². The Bertz CT molecular complexity index is 127. The molecule has 0 atom stereocenters. The first kappa shape index (κ1) is 10.7. The minimum absolute atomic E-state index is 1.11. The second-order valence-electron chi connectivity index (χ2n) is 3.44. The Morgan fingerprint density at radius 3 is 1.55 bits per heavy atom. The summed E-state index contributed by atoms with van der Waals surface area (Å²) in [5.41, 5.74) is 4.80. The van der Waals surface area contributed by atoms with Crippen LogP contribution in [0.1, 0.15) is 26.7 Å². The third kappa shape index (κ3) is 6.11. The smallest absolute Gasteiger partial charge is 0.0947 e. The molecular formula is C10H20Si. The predicted octanol–water partition coefficient (Wildman–Crippen LogP) is 3.71. The van der Waals surface area contributed by atoms with Gasteiger partial charge in [0.1, 0.15) is 0 Å². The van der Waals surface area contributed by atoms with Crippen molar-refractivity contribution in [3.8, 4) is 0 Å². The molecule has 0 heterocycles. The zero-order valence-electron chi connectivity index (χ0n) is 8.22. The minimum atomic E-state index is -1.11. The molecular weight excluding hydrogens is 148 g/mol. The first-order chi connectivity index (χ1) is 5.12. The minimum Gasteiger partial charge on any atom is -0.0948 e. The van der Waals surface area contributed by atoms with Gasteiger partial charge in [0, 0.05) is 0 Å². The summed E-state index contributed by atoms with van der Waals surface area (Å²) in [6.07, 6.45) is 6.89. The van der Waals surface area contributed by atoms with Gasteiger partial charge in [-0.25, -0.2) is 0 Å². The Morgan fingerprint density at radius 2 is 1.27 bits per heavy atom. The molecule has 1 heteroatoms. The van der Waals surface area contributed by atoms with E-state index >= 15 is 0 Å². The molecule has 64 valence electrons. The Hall–Kier alpha value is -0.303. The monoisotopic (exact) mass is 168 g/mol. The molecule has 0 saturated carbocycles. The van der Waals surface area contributed by atoms with E-state index in [-0.39, 0.29) is 0 Å². The van der Waals surface area contributed by atoms with Crippen LogP contribution in [0.2, 0.25) is 13.1 Å². The maximum atomic E-state index is 2.40. The van der Waals surface area contributed by atoms with E-state index < -0.39 is 8.07 Å². The lowest BCUT2D eigenvalue weighted by Gasteiger charge is -2.10. The molecule has 0 amide bonds. The van der Waals surface area contributed by atoms with Gasteiger partial charge in [0.15, 0.2) is 0 Å². The number of hydrogen-bond acceptors (Lipinski definition) is 0. The molecule has 0 aliphatic heterocycles. The molecule has 0 fully saturated rings. The average Bonchev–Trinajstić information content (AvgIpc) is 1.97. The van der Waals surface area contributed by atoms with Gasteiger partial charge < -0.3 is 0 Å². The van der Waals surface area contributed by atoms with E-state index in [1.54, 1.807) is 0 Å². The van der Waals surface area contributed by atoms with E-state index in [1.807, 2.05) is 0 Å². The molecule has 0 aromatic heterocycles. The summed E-state index contributed by atoms with van der Waals surface area (Å²) in [7, 11) is -1.11.